The van der Waals surface area contributed by atoms with Gasteiger partial charge < -0.3 is 19.7 Å². The van der Waals surface area contributed by atoms with Gasteiger partial charge in [-0.2, -0.15) is 4.98 Å². The minimum atomic E-state index is -0.746. The molecule has 0 amide bonds. The summed E-state index contributed by atoms with van der Waals surface area (Å²) in [4.78, 5) is 15.4. The van der Waals surface area contributed by atoms with Crippen LogP contribution in [-0.2, 0) is 4.74 Å². The molecule has 0 radical (unpaired) electrons. The number of aryl methyl sites for hydroxylation is 1. The molecule has 1 aromatic heterocycles. The highest BCUT2D eigenvalue weighted by Gasteiger charge is 2.35. The number of ether oxygens (including phenoxy) is 2. The lowest BCUT2D eigenvalue weighted by Crippen LogP contribution is -2.24. The molecule has 2 N–H and O–H groups in total. The molecule has 7 nitrogen and oxygen atoms in total. The minimum absolute atomic E-state index is 0.161. The normalized spacial score (nSPS) is 26.6. The molecular formula is C12H18N2O5. The molecular weight excluding hydrogens is 252 g/mol. The molecule has 0 bridgehead atoms. The fraction of sp³-hybridized carbons (Fsp3) is 0.667. The summed E-state index contributed by atoms with van der Waals surface area (Å²) in [7, 11) is 0. The van der Waals surface area contributed by atoms with Crippen molar-refractivity contribution in [3.05, 3.63) is 22.1 Å². The van der Waals surface area contributed by atoms with Crippen LogP contribution in [0.15, 0.2) is 11.0 Å². The fourth-order valence-electron chi connectivity index (χ4n) is 2.04. The van der Waals surface area contributed by atoms with Crippen LogP contribution in [0.25, 0.3) is 0 Å². The van der Waals surface area contributed by atoms with E-state index < -0.39 is 18.4 Å². The monoisotopic (exact) mass is 270 g/mol. The predicted molar refractivity (Wildman–Crippen MR) is 66.0 cm³/mol. The second kappa shape index (κ2) is 5.68. The summed E-state index contributed by atoms with van der Waals surface area (Å²) in [6.45, 7) is 3.55. The van der Waals surface area contributed by atoms with Crippen LogP contribution in [-0.4, -0.2) is 45.2 Å². The molecule has 7 heteroatoms. The molecule has 0 unspecified atom stereocenters. The third kappa shape index (κ3) is 2.78. The van der Waals surface area contributed by atoms with Gasteiger partial charge >= 0.3 is 6.01 Å². The number of rotatable bonds is 4. The largest absolute Gasteiger partial charge is 0.465 e. The first-order valence-electron chi connectivity index (χ1n) is 6.23. The molecule has 2 heterocycles. The zero-order valence-electron chi connectivity index (χ0n) is 10.9. The Hall–Kier alpha value is -1.44. The summed E-state index contributed by atoms with van der Waals surface area (Å²) in [6.07, 6.45) is 0.0381. The van der Waals surface area contributed by atoms with Crippen LogP contribution in [0.4, 0.5) is 0 Å². The molecule has 3 atom stereocenters. The summed E-state index contributed by atoms with van der Waals surface area (Å²) in [5.41, 5.74) is 0.117. The molecule has 1 aromatic rings. The molecule has 0 aliphatic carbocycles. The lowest BCUT2D eigenvalue weighted by atomic mass is 10.2. The van der Waals surface area contributed by atoms with Crippen molar-refractivity contribution in [1.82, 2.24) is 9.55 Å². The van der Waals surface area contributed by atoms with E-state index in [4.69, 9.17) is 14.6 Å². The maximum Gasteiger partial charge on any atom is 0.301 e. The summed E-state index contributed by atoms with van der Waals surface area (Å²) in [6, 6.07) is 0.161. The van der Waals surface area contributed by atoms with E-state index in [-0.39, 0.29) is 18.2 Å². The van der Waals surface area contributed by atoms with E-state index in [1.54, 1.807) is 24.6 Å². The Morgan fingerprint density at radius 3 is 2.95 bits per heavy atom. The van der Waals surface area contributed by atoms with Crippen LogP contribution < -0.4 is 10.3 Å². The van der Waals surface area contributed by atoms with Crippen LogP contribution in [0.1, 0.15) is 25.1 Å². The van der Waals surface area contributed by atoms with Crippen LogP contribution in [0, 0.1) is 6.92 Å². The Labute approximate surface area is 110 Å². The summed E-state index contributed by atoms with van der Waals surface area (Å²) < 4.78 is 12.4. The van der Waals surface area contributed by atoms with Crippen molar-refractivity contribution >= 4 is 0 Å². The van der Waals surface area contributed by atoms with E-state index in [0.717, 1.165) is 0 Å². The van der Waals surface area contributed by atoms with Gasteiger partial charge in [0.05, 0.1) is 19.3 Å². The molecule has 1 fully saturated rings. The van der Waals surface area contributed by atoms with Gasteiger partial charge in [0, 0.05) is 18.2 Å². The Morgan fingerprint density at radius 2 is 2.37 bits per heavy atom. The lowest BCUT2D eigenvalue weighted by molar-refractivity contribution is -0.0473. The summed E-state index contributed by atoms with van der Waals surface area (Å²) >= 11 is 0. The molecule has 1 aliphatic rings. The molecule has 0 saturated carbocycles. The number of nitrogens with zero attached hydrogens (tertiary/aromatic N) is 2. The molecule has 19 heavy (non-hydrogen) atoms. The van der Waals surface area contributed by atoms with Crippen molar-refractivity contribution < 1.29 is 19.7 Å². The standard InChI is InChI=1S/C12H18N2O5/c1-3-18-12-13-11(17)7(2)5-14(12)10-4-8(16)9(6-15)19-10/h5,8-10,15-16H,3-4,6H2,1-2H3/t8-,9+,10+/m1/s1. The van der Waals surface area contributed by atoms with Gasteiger partial charge in [-0.25, -0.2) is 0 Å². The summed E-state index contributed by atoms with van der Waals surface area (Å²) in [5.74, 6) is 0. The zero-order chi connectivity index (χ0) is 14.0. The van der Waals surface area contributed by atoms with Crippen LogP contribution in [0.2, 0.25) is 0 Å². The molecule has 1 saturated heterocycles. The first kappa shape index (κ1) is 14.0. The van der Waals surface area contributed by atoms with Gasteiger partial charge in [0.1, 0.15) is 12.3 Å². The van der Waals surface area contributed by atoms with Crippen LogP contribution >= 0.6 is 0 Å². The van der Waals surface area contributed by atoms with E-state index in [9.17, 15) is 9.90 Å². The Kier molecular flexibility index (Phi) is 4.18. The Morgan fingerprint density at radius 1 is 1.63 bits per heavy atom. The van der Waals surface area contributed by atoms with Gasteiger partial charge in [-0.1, -0.05) is 0 Å². The number of hydrogen-bond donors (Lipinski definition) is 2. The van der Waals surface area contributed by atoms with Crippen LogP contribution in [0.5, 0.6) is 6.01 Å². The smallest absolute Gasteiger partial charge is 0.301 e. The van der Waals surface area contributed by atoms with E-state index in [1.165, 1.54) is 0 Å². The fourth-order valence-corrected chi connectivity index (χ4v) is 2.04. The number of aliphatic hydroxyl groups excluding tert-OH is 2. The number of hydrogen-bond acceptors (Lipinski definition) is 6. The highest BCUT2D eigenvalue weighted by atomic mass is 16.6. The quantitative estimate of drug-likeness (QED) is 0.772. The van der Waals surface area contributed by atoms with Gasteiger partial charge in [-0.05, 0) is 13.8 Å². The van der Waals surface area contributed by atoms with Crippen molar-refractivity contribution in [2.24, 2.45) is 0 Å². The van der Waals surface area contributed by atoms with E-state index >= 15 is 0 Å². The SMILES string of the molecule is CCOc1nc(=O)c(C)cn1[C@@H]1C[C@@H](O)[C@H](CO)O1. The molecule has 1 aliphatic heterocycles. The van der Waals surface area contributed by atoms with Crippen molar-refractivity contribution in [1.29, 1.82) is 0 Å². The summed E-state index contributed by atoms with van der Waals surface area (Å²) in [5, 5.41) is 18.8. The molecule has 106 valence electrons. The average Bonchev–Trinajstić information content (AvgIpc) is 2.75. The first-order chi connectivity index (χ1) is 9.06. The molecule has 2 rings (SSSR count). The third-order valence-corrected chi connectivity index (χ3v) is 3.06. The number of aliphatic hydroxyl groups is 2. The van der Waals surface area contributed by atoms with Crippen molar-refractivity contribution in [2.45, 2.75) is 38.7 Å². The minimum Gasteiger partial charge on any atom is -0.465 e. The van der Waals surface area contributed by atoms with E-state index in [0.29, 0.717) is 18.6 Å². The zero-order valence-corrected chi connectivity index (χ0v) is 10.9. The highest BCUT2D eigenvalue weighted by Crippen LogP contribution is 2.30. The second-order valence-electron chi connectivity index (χ2n) is 4.47. The Balaban J connectivity index is 2.33. The van der Waals surface area contributed by atoms with E-state index in [2.05, 4.69) is 4.98 Å². The van der Waals surface area contributed by atoms with E-state index in [1.807, 2.05) is 0 Å². The van der Waals surface area contributed by atoms with Gasteiger partial charge in [0.2, 0.25) is 0 Å². The van der Waals surface area contributed by atoms with Gasteiger partial charge in [-0.3, -0.25) is 9.36 Å². The van der Waals surface area contributed by atoms with Gasteiger partial charge in [0.15, 0.2) is 0 Å². The number of aromatic nitrogens is 2. The van der Waals surface area contributed by atoms with Crippen molar-refractivity contribution in [3.8, 4) is 6.01 Å². The van der Waals surface area contributed by atoms with Gasteiger partial charge in [-0.15, -0.1) is 0 Å². The van der Waals surface area contributed by atoms with Crippen molar-refractivity contribution in [2.75, 3.05) is 13.2 Å². The Bertz CT molecular complexity index is 501. The highest BCUT2D eigenvalue weighted by molar-refractivity contribution is 5.10. The maximum absolute atomic E-state index is 11.5. The topological polar surface area (TPSA) is 93.8 Å². The average molecular weight is 270 g/mol. The maximum atomic E-state index is 11.5. The predicted octanol–water partition coefficient (Wildman–Crippen LogP) is -0.409. The van der Waals surface area contributed by atoms with Crippen molar-refractivity contribution in [3.63, 3.8) is 0 Å². The first-order valence-corrected chi connectivity index (χ1v) is 6.23. The second-order valence-corrected chi connectivity index (χ2v) is 4.47. The molecule has 0 aromatic carbocycles. The van der Waals surface area contributed by atoms with Crippen LogP contribution in [0.3, 0.4) is 0 Å². The lowest BCUT2D eigenvalue weighted by Gasteiger charge is -2.19. The third-order valence-electron chi connectivity index (χ3n) is 3.06. The molecule has 0 spiro atoms. The van der Waals surface area contributed by atoms with Gasteiger partial charge in [0.25, 0.3) is 5.56 Å².